The van der Waals surface area contributed by atoms with E-state index in [2.05, 4.69) is 10.3 Å². The summed E-state index contributed by atoms with van der Waals surface area (Å²) >= 11 is 6.39. The zero-order valence-corrected chi connectivity index (χ0v) is 29.4. The zero-order chi connectivity index (χ0) is 35.8. The molecule has 0 bridgehead atoms. The van der Waals surface area contributed by atoms with E-state index in [1.807, 2.05) is 0 Å². The standard InChI is InChI=1S/C36H42ClN3O8/c1-34(2,3)46-31(43)20-10-13-23(14-11-20)39-30(42)26-18-28(41)25-16-21(19-38-29(25)26)24-17-22(37)12-15-27(24)40(32(44)47-35(4,5)6)33(45)48-36(7,8)9/h10-17,19,26,28,41H,18H2,1-9H3,(H,39,42). The van der Waals surface area contributed by atoms with Crippen LogP contribution in [-0.4, -0.2) is 51.0 Å². The molecule has 1 aliphatic rings. The fourth-order valence-corrected chi connectivity index (χ4v) is 5.14. The number of aliphatic hydroxyl groups is 1. The Labute approximate surface area is 285 Å². The lowest BCUT2D eigenvalue weighted by Gasteiger charge is -2.29. The van der Waals surface area contributed by atoms with Crippen LogP contribution in [0.2, 0.25) is 5.02 Å². The number of fused-ring (bicyclic) bond motifs is 1. The van der Waals surface area contributed by atoms with E-state index in [0.717, 1.165) is 4.90 Å². The fourth-order valence-electron chi connectivity index (χ4n) is 4.97. The molecule has 0 radical (unpaired) electrons. The predicted molar refractivity (Wildman–Crippen MR) is 182 cm³/mol. The summed E-state index contributed by atoms with van der Waals surface area (Å²) in [7, 11) is 0. The number of amides is 3. The summed E-state index contributed by atoms with van der Waals surface area (Å²) in [5, 5.41) is 14.2. The highest BCUT2D eigenvalue weighted by Crippen LogP contribution is 2.43. The Bertz CT molecular complexity index is 1690. The molecule has 11 nitrogen and oxygen atoms in total. The molecule has 1 aliphatic carbocycles. The van der Waals surface area contributed by atoms with Crippen LogP contribution in [0.1, 0.15) is 102 Å². The van der Waals surface area contributed by atoms with Gasteiger partial charge in [-0.1, -0.05) is 11.6 Å². The van der Waals surface area contributed by atoms with E-state index in [1.165, 1.54) is 18.3 Å². The number of rotatable bonds is 5. The summed E-state index contributed by atoms with van der Waals surface area (Å²) < 4.78 is 16.5. The van der Waals surface area contributed by atoms with Crippen LogP contribution in [-0.2, 0) is 19.0 Å². The maximum Gasteiger partial charge on any atom is 0.424 e. The van der Waals surface area contributed by atoms with E-state index < -0.39 is 47.0 Å². The van der Waals surface area contributed by atoms with Crippen molar-refractivity contribution in [3.05, 3.63) is 76.6 Å². The Morgan fingerprint density at radius 2 is 1.40 bits per heavy atom. The lowest BCUT2D eigenvalue weighted by Crippen LogP contribution is -2.44. The highest BCUT2D eigenvalue weighted by molar-refractivity contribution is 6.31. The molecule has 256 valence electrons. The number of nitrogens with one attached hydrogen (secondary N) is 1. The lowest BCUT2D eigenvalue weighted by atomic mass is 10.0. The quantitative estimate of drug-likeness (QED) is 0.201. The van der Waals surface area contributed by atoms with Gasteiger partial charge in [0, 0.05) is 33.6 Å². The highest BCUT2D eigenvalue weighted by atomic mass is 35.5. The van der Waals surface area contributed by atoms with Gasteiger partial charge < -0.3 is 24.6 Å². The predicted octanol–water partition coefficient (Wildman–Crippen LogP) is 8.19. The molecule has 1 heterocycles. The van der Waals surface area contributed by atoms with E-state index in [1.54, 1.807) is 98.7 Å². The Morgan fingerprint density at radius 1 is 0.833 bits per heavy atom. The number of carbonyl (C=O) groups is 4. The number of aliphatic hydroxyl groups excluding tert-OH is 1. The van der Waals surface area contributed by atoms with Crippen LogP contribution in [0.5, 0.6) is 0 Å². The third kappa shape index (κ3) is 9.11. The van der Waals surface area contributed by atoms with Gasteiger partial charge in [-0.2, -0.15) is 4.90 Å². The van der Waals surface area contributed by atoms with Crippen molar-refractivity contribution < 1.29 is 38.5 Å². The summed E-state index contributed by atoms with van der Waals surface area (Å²) in [6.45, 7) is 15.4. The molecule has 0 saturated carbocycles. The summed E-state index contributed by atoms with van der Waals surface area (Å²) in [5.74, 6) is -1.63. The fraction of sp³-hybridized carbons (Fsp3) is 0.417. The van der Waals surface area contributed by atoms with Crippen LogP contribution >= 0.6 is 11.6 Å². The van der Waals surface area contributed by atoms with Crippen molar-refractivity contribution in [2.24, 2.45) is 0 Å². The number of nitrogens with zero attached hydrogens (tertiary/aromatic N) is 2. The summed E-state index contributed by atoms with van der Waals surface area (Å²) in [6, 6.07) is 12.6. The van der Waals surface area contributed by atoms with Crippen LogP contribution in [0.3, 0.4) is 0 Å². The number of ether oxygens (including phenoxy) is 3. The minimum absolute atomic E-state index is 0.0813. The molecule has 0 fully saturated rings. The number of halogens is 1. The molecule has 3 aromatic rings. The van der Waals surface area contributed by atoms with Crippen LogP contribution in [0, 0.1) is 0 Å². The average Bonchev–Trinajstić information content (AvgIpc) is 3.27. The van der Waals surface area contributed by atoms with Gasteiger partial charge in [-0.3, -0.25) is 9.78 Å². The van der Waals surface area contributed by atoms with Crippen molar-refractivity contribution in [1.29, 1.82) is 0 Å². The van der Waals surface area contributed by atoms with E-state index in [-0.39, 0.29) is 18.0 Å². The van der Waals surface area contributed by atoms with Gasteiger partial charge in [-0.05, 0) is 117 Å². The van der Waals surface area contributed by atoms with Crippen LogP contribution in [0.15, 0.2) is 54.7 Å². The maximum absolute atomic E-state index is 13.4. The van der Waals surface area contributed by atoms with Crippen molar-refractivity contribution in [3.63, 3.8) is 0 Å². The van der Waals surface area contributed by atoms with E-state index in [0.29, 0.717) is 38.7 Å². The summed E-state index contributed by atoms with van der Waals surface area (Å²) in [4.78, 5) is 57.9. The number of benzene rings is 2. The Hall–Kier alpha value is -4.48. The smallest absolute Gasteiger partial charge is 0.424 e. The first-order valence-electron chi connectivity index (χ1n) is 15.5. The van der Waals surface area contributed by atoms with Gasteiger partial charge in [0.25, 0.3) is 0 Å². The third-order valence-corrected chi connectivity index (χ3v) is 7.10. The first-order valence-corrected chi connectivity index (χ1v) is 15.9. The molecule has 0 spiro atoms. The topological polar surface area (TPSA) is 144 Å². The molecular weight excluding hydrogens is 638 g/mol. The number of anilines is 2. The number of esters is 1. The van der Waals surface area contributed by atoms with Gasteiger partial charge >= 0.3 is 18.2 Å². The number of pyridine rings is 1. The van der Waals surface area contributed by atoms with Gasteiger partial charge in [0.2, 0.25) is 5.91 Å². The van der Waals surface area contributed by atoms with Crippen molar-refractivity contribution in [1.82, 2.24) is 4.98 Å². The molecule has 2 unspecified atom stereocenters. The van der Waals surface area contributed by atoms with Crippen LogP contribution in [0.4, 0.5) is 21.0 Å². The zero-order valence-electron chi connectivity index (χ0n) is 28.6. The molecule has 2 aromatic carbocycles. The van der Waals surface area contributed by atoms with Crippen molar-refractivity contribution in [2.75, 3.05) is 10.2 Å². The molecule has 0 aliphatic heterocycles. The second-order valence-corrected chi connectivity index (χ2v) is 15.0. The molecule has 12 heteroatoms. The number of hydrogen-bond donors (Lipinski definition) is 2. The molecule has 48 heavy (non-hydrogen) atoms. The van der Waals surface area contributed by atoms with Gasteiger partial charge in [0.05, 0.1) is 29.0 Å². The Morgan fingerprint density at radius 3 is 1.94 bits per heavy atom. The number of hydrogen-bond acceptors (Lipinski definition) is 9. The highest BCUT2D eigenvalue weighted by Gasteiger charge is 2.38. The van der Waals surface area contributed by atoms with Crippen molar-refractivity contribution in [3.8, 4) is 11.1 Å². The molecular formula is C36H42ClN3O8. The van der Waals surface area contributed by atoms with Gasteiger partial charge in [-0.15, -0.1) is 0 Å². The number of imide groups is 1. The van der Waals surface area contributed by atoms with Crippen molar-refractivity contribution >= 4 is 47.0 Å². The molecule has 2 atom stereocenters. The van der Waals surface area contributed by atoms with E-state index in [9.17, 15) is 24.3 Å². The largest absolute Gasteiger partial charge is 0.456 e. The van der Waals surface area contributed by atoms with Crippen LogP contribution in [0.25, 0.3) is 11.1 Å². The van der Waals surface area contributed by atoms with Crippen molar-refractivity contribution in [2.45, 2.75) is 97.6 Å². The first-order chi connectivity index (χ1) is 22.1. The second-order valence-electron chi connectivity index (χ2n) is 14.5. The maximum atomic E-state index is 13.4. The molecule has 2 N–H and O–H groups in total. The molecule has 1 aromatic heterocycles. The first kappa shape index (κ1) is 36.4. The van der Waals surface area contributed by atoms with E-state index >= 15 is 0 Å². The summed E-state index contributed by atoms with van der Waals surface area (Å²) in [6.07, 6.45) is -1.36. The minimum Gasteiger partial charge on any atom is -0.456 e. The molecule has 3 amide bonds. The van der Waals surface area contributed by atoms with Gasteiger partial charge in [-0.25, -0.2) is 14.4 Å². The molecule has 4 rings (SSSR count). The van der Waals surface area contributed by atoms with E-state index in [4.69, 9.17) is 25.8 Å². The van der Waals surface area contributed by atoms with Gasteiger partial charge in [0.15, 0.2) is 0 Å². The normalized spacial score (nSPS) is 16.1. The SMILES string of the molecule is CC(C)(C)OC(=O)c1ccc(NC(=O)C2CC(O)c3cc(-c4cc(Cl)ccc4N(C(=O)OC(C)(C)C)C(=O)OC(C)(C)C)cnc32)cc1. The monoisotopic (exact) mass is 679 g/mol. The molecule has 0 saturated heterocycles. The second kappa shape index (κ2) is 13.6. The Balaban J connectivity index is 1.65. The minimum atomic E-state index is -1.02. The lowest BCUT2D eigenvalue weighted by molar-refractivity contribution is -0.118. The Kier molecular flexibility index (Phi) is 10.3. The third-order valence-electron chi connectivity index (χ3n) is 6.86. The summed E-state index contributed by atoms with van der Waals surface area (Å²) in [5.41, 5.74) is 0.0293. The van der Waals surface area contributed by atoms with Gasteiger partial charge in [0.1, 0.15) is 16.8 Å². The average molecular weight is 680 g/mol. The number of carbonyl (C=O) groups excluding carboxylic acids is 4. The van der Waals surface area contributed by atoms with Crippen LogP contribution < -0.4 is 10.2 Å². The number of aromatic nitrogens is 1.